The van der Waals surface area contributed by atoms with E-state index in [2.05, 4.69) is 31.2 Å². The number of aliphatic hydroxyl groups excluding tert-OH is 1. The van der Waals surface area contributed by atoms with E-state index in [-0.39, 0.29) is 18.5 Å². The van der Waals surface area contributed by atoms with Crippen LogP contribution in [0.3, 0.4) is 0 Å². The lowest BCUT2D eigenvalue weighted by atomic mass is 9.91. The van der Waals surface area contributed by atoms with Crippen LogP contribution in [0.2, 0.25) is 0 Å². The Labute approximate surface area is 184 Å². The highest BCUT2D eigenvalue weighted by Gasteiger charge is 2.20. The fourth-order valence-corrected chi connectivity index (χ4v) is 3.75. The predicted molar refractivity (Wildman–Crippen MR) is 126 cm³/mol. The van der Waals surface area contributed by atoms with Gasteiger partial charge in [-0.25, -0.2) is 0 Å². The second-order valence-corrected chi connectivity index (χ2v) is 8.49. The zero-order chi connectivity index (χ0) is 21.9. The first-order valence-corrected chi connectivity index (χ1v) is 12.1. The van der Waals surface area contributed by atoms with Crippen LogP contribution in [0.4, 0.5) is 0 Å². The molecule has 2 atom stereocenters. The van der Waals surface area contributed by atoms with Crippen molar-refractivity contribution < 1.29 is 14.6 Å². The molecule has 1 N–H and O–H groups in total. The van der Waals surface area contributed by atoms with Crippen LogP contribution in [0.5, 0.6) is 0 Å². The average molecular weight is 417 g/mol. The molecular weight excluding hydrogens is 372 g/mol. The van der Waals surface area contributed by atoms with E-state index in [0.29, 0.717) is 0 Å². The summed E-state index contributed by atoms with van der Waals surface area (Å²) in [5.41, 5.74) is 1.17. The third kappa shape index (κ3) is 14.4. The molecule has 0 saturated heterocycles. The summed E-state index contributed by atoms with van der Waals surface area (Å²) in [6, 6.07) is 10.1. The van der Waals surface area contributed by atoms with Crippen LogP contribution >= 0.6 is 0 Å². The Hall–Kier alpha value is -1.61. The number of ether oxygens (including phenoxy) is 1. The van der Waals surface area contributed by atoms with Crippen molar-refractivity contribution in [1.29, 1.82) is 0 Å². The third-order valence-corrected chi connectivity index (χ3v) is 5.65. The highest BCUT2D eigenvalue weighted by Crippen LogP contribution is 2.19. The Morgan fingerprint density at radius 2 is 1.53 bits per heavy atom. The van der Waals surface area contributed by atoms with Crippen molar-refractivity contribution in [1.82, 2.24) is 0 Å². The molecule has 0 heterocycles. The minimum absolute atomic E-state index is 0.0477. The Bertz CT molecular complexity index is 552. The molecule has 0 radical (unpaired) electrons. The average Bonchev–Trinajstić information content (AvgIpc) is 2.74. The standard InChI is InChI=1S/C27H44O3/c1-3-4-5-6-7-8-9-10-11-12-13-14-18-21-27(29)26(23-30-24(2)28)22-25-19-16-15-17-20-25/h10-11,15-17,19-20,26-27,29H,3-9,12-14,18,21-23H2,1-2H3/b11-10-. The molecule has 2 unspecified atom stereocenters. The number of benzene rings is 1. The molecule has 0 spiro atoms. The maximum atomic E-state index is 11.2. The van der Waals surface area contributed by atoms with Gasteiger partial charge >= 0.3 is 5.97 Å². The quantitative estimate of drug-likeness (QED) is 0.159. The SMILES string of the molecule is CCCCCCCC/C=C\CCCCCC(O)C(COC(C)=O)Cc1ccccc1. The molecular formula is C27H44O3. The van der Waals surface area contributed by atoms with Crippen molar-refractivity contribution in [2.75, 3.05) is 6.61 Å². The minimum atomic E-state index is -0.437. The minimum Gasteiger partial charge on any atom is -0.465 e. The molecule has 1 aromatic carbocycles. The Morgan fingerprint density at radius 1 is 0.933 bits per heavy atom. The number of hydrogen-bond donors (Lipinski definition) is 1. The number of unbranched alkanes of at least 4 members (excludes halogenated alkanes) is 9. The zero-order valence-corrected chi connectivity index (χ0v) is 19.4. The molecule has 170 valence electrons. The summed E-state index contributed by atoms with van der Waals surface area (Å²) in [7, 11) is 0. The summed E-state index contributed by atoms with van der Waals surface area (Å²) in [6.07, 6.45) is 19.5. The summed E-state index contributed by atoms with van der Waals surface area (Å²) < 4.78 is 5.21. The van der Waals surface area contributed by atoms with E-state index in [4.69, 9.17) is 4.74 Å². The van der Waals surface area contributed by atoms with Gasteiger partial charge in [-0.2, -0.15) is 0 Å². The van der Waals surface area contributed by atoms with Gasteiger partial charge in [0.15, 0.2) is 0 Å². The van der Waals surface area contributed by atoms with E-state index in [1.165, 1.54) is 63.9 Å². The summed E-state index contributed by atoms with van der Waals surface area (Å²) in [4.78, 5) is 11.2. The van der Waals surface area contributed by atoms with Gasteiger partial charge in [-0.3, -0.25) is 4.79 Å². The second-order valence-electron chi connectivity index (χ2n) is 8.49. The summed E-state index contributed by atoms with van der Waals surface area (Å²) >= 11 is 0. The lowest BCUT2D eigenvalue weighted by molar-refractivity contribution is -0.143. The van der Waals surface area contributed by atoms with E-state index < -0.39 is 6.10 Å². The molecule has 1 aromatic rings. The number of allylic oxidation sites excluding steroid dienone is 2. The van der Waals surface area contributed by atoms with E-state index in [1.54, 1.807) is 0 Å². The zero-order valence-electron chi connectivity index (χ0n) is 19.4. The molecule has 0 aliphatic heterocycles. The highest BCUT2D eigenvalue weighted by atomic mass is 16.5. The van der Waals surface area contributed by atoms with Crippen LogP contribution < -0.4 is 0 Å². The van der Waals surface area contributed by atoms with E-state index in [9.17, 15) is 9.90 Å². The van der Waals surface area contributed by atoms with Crippen molar-refractivity contribution in [3.05, 3.63) is 48.0 Å². The molecule has 0 aliphatic carbocycles. The van der Waals surface area contributed by atoms with Crippen molar-refractivity contribution >= 4 is 5.97 Å². The Balaban J connectivity index is 2.16. The summed E-state index contributed by atoms with van der Waals surface area (Å²) in [5.74, 6) is -0.332. The maximum absolute atomic E-state index is 11.2. The van der Waals surface area contributed by atoms with Gasteiger partial charge < -0.3 is 9.84 Å². The van der Waals surface area contributed by atoms with Crippen LogP contribution in [-0.4, -0.2) is 23.8 Å². The van der Waals surface area contributed by atoms with Crippen LogP contribution in [0, 0.1) is 5.92 Å². The number of esters is 1. The largest absolute Gasteiger partial charge is 0.465 e. The molecule has 0 saturated carbocycles. The first kappa shape index (κ1) is 26.4. The van der Waals surface area contributed by atoms with Gasteiger partial charge in [0.25, 0.3) is 0 Å². The van der Waals surface area contributed by atoms with Gasteiger partial charge in [-0.15, -0.1) is 0 Å². The van der Waals surface area contributed by atoms with Crippen molar-refractivity contribution in [3.8, 4) is 0 Å². The molecule has 0 fully saturated rings. The lowest BCUT2D eigenvalue weighted by Gasteiger charge is -2.22. The second kappa shape index (κ2) is 18.2. The van der Waals surface area contributed by atoms with Gasteiger partial charge in [0.1, 0.15) is 0 Å². The van der Waals surface area contributed by atoms with E-state index >= 15 is 0 Å². The van der Waals surface area contributed by atoms with Crippen molar-refractivity contribution in [2.45, 2.75) is 103 Å². The number of rotatable bonds is 18. The van der Waals surface area contributed by atoms with Gasteiger partial charge in [-0.1, -0.05) is 94.4 Å². The molecule has 3 nitrogen and oxygen atoms in total. The topological polar surface area (TPSA) is 46.5 Å². The van der Waals surface area contributed by atoms with Crippen LogP contribution in [0.25, 0.3) is 0 Å². The Kier molecular flexibility index (Phi) is 16.0. The van der Waals surface area contributed by atoms with E-state index in [1.807, 2.05) is 18.2 Å². The third-order valence-electron chi connectivity index (χ3n) is 5.65. The molecule has 0 bridgehead atoms. The molecule has 30 heavy (non-hydrogen) atoms. The smallest absolute Gasteiger partial charge is 0.302 e. The van der Waals surface area contributed by atoms with Gasteiger partial charge in [0.05, 0.1) is 12.7 Å². The fraction of sp³-hybridized carbons (Fsp3) is 0.667. The van der Waals surface area contributed by atoms with Crippen LogP contribution in [-0.2, 0) is 16.0 Å². The van der Waals surface area contributed by atoms with Crippen molar-refractivity contribution in [3.63, 3.8) is 0 Å². The summed E-state index contributed by atoms with van der Waals surface area (Å²) in [5, 5.41) is 10.7. The maximum Gasteiger partial charge on any atom is 0.302 e. The number of hydrogen-bond acceptors (Lipinski definition) is 3. The predicted octanol–water partition coefficient (Wildman–Crippen LogP) is 7.03. The normalized spacial score (nSPS) is 13.4. The first-order valence-electron chi connectivity index (χ1n) is 12.1. The lowest BCUT2D eigenvalue weighted by Crippen LogP contribution is -2.28. The van der Waals surface area contributed by atoms with Gasteiger partial charge in [0, 0.05) is 12.8 Å². The van der Waals surface area contributed by atoms with Crippen LogP contribution in [0.15, 0.2) is 42.5 Å². The molecule has 0 amide bonds. The van der Waals surface area contributed by atoms with E-state index in [0.717, 1.165) is 32.1 Å². The molecule has 0 aliphatic rings. The highest BCUT2D eigenvalue weighted by molar-refractivity contribution is 5.65. The van der Waals surface area contributed by atoms with Crippen LogP contribution in [0.1, 0.15) is 96.5 Å². The number of carbonyl (C=O) groups is 1. The molecule has 0 aromatic heterocycles. The van der Waals surface area contributed by atoms with Crippen molar-refractivity contribution in [2.24, 2.45) is 5.92 Å². The Morgan fingerprint density at radius 3 is 2.17 bits per heavy atom. The van der Waals surface area contributed by atoms with Gasteiger partial charge in [-0.05, 0) is 44.1 Å². The number of aliphatic hydroxyl groups is 1. The monoisotopic (exact) mass is 416 g/mol. The van der Waals surface area contributed by atoms with Gasteiger partial charge in [0.2, 0.25) is 0 Å². The number of carbonyl (C=O) groups excluding carboxylic acids is 1. The first-order chi connectivity index (χ1) is 14.6. The fourth-order valence-electron chi connectivity index (χ4n) is 3.75. The summed E-state index contributed by atoms with van der Waals surface area (Å²) in [6.45, 7) is 3.97. The molecule has 1 rings (SSSR count). The molecule has 3 heteroatoms.